The number of hydrogen-bond acceptors (Lipinski definition) is 1. The van der Waals surface area contributed by atoms with Crippen LogP contribution in [0.15, 0.2) is 0 Å². The molecule has 0 aromatic heterocycles. The molecule has 0 N–H and O–H groups in total. The molecule has 1 radical (unpaired) electrons. The van der Waals surface area contributed by atoms with Crippen molar-refractivity contribution in [3.63, 3.8) is 0 Å². The Morgan fingerprint density at radius 1 is 1.00 bits per heavy atom. The highest BCUT2D eigenvalue weighted by atomic mass is 15.1. The van der Waals surface area contributed by atoms with Gasteiger partial charge in [0, 0.05) is 6.54 Å². The minimum absolute atomic E-state index is 1.29. The van der Waals surface area contributed by atoms with Gasteiger partial charge in [-0.3, -0.25) is 4.90 Å². The van der Waals surface area contributed by atoms with E-state index in [1.54, 1.807) is 0 Å². The van der Waals surface area contributed by atoms with E-state index in [1.165, 1.54) is 38.8 Å². The van der Waals surface area contributed by atoms with Gasteiger partial charge in [0.25, 0.3) is 0 Å². The molecule has 0 aromatic rings. The maximum absolute atomic E-state index is 2.42. The molecule has 0 saturated carbocycles. The summed E-state index contributed by atoms with van der Waals surface area (Å²) in [5.41, 5.74) is 0. The Bertz CT molecular complexity index is 63.0. The third-order valence-electron chi connectivity index (χ3n) is 2.01. The summed E-state index contributed by atoms with van der Waals surface area (Å²) in [6, 6.07) is 0. The van der Waals surface area contributed by atoms with E-state index in [1.807, 2.05) is 0 Å². The molecule has 1 aliphatic rings. The Balaban J connectivity index is 2.18. The zero-order valence-corrected chi connectivity index (χ0v) is 6.27. The van der Waals surface area contributed by atoms with Crippen LogP contribution in [0.25, 0.3) is 0 Å². The first-order valence-electron chi connectivity index (χ1n) is 3.97. The lowest BCUT2D eigenvalue weighted by atomic mass is 10.2. The van der Waals surface area contributed by atoms with Crippen LogP contribution in [0.2, 0.25) is 0 Å². The average Bonchev–Trinajstić information content (AvgIpc) is 2.13. The van der Waals surface area contributed by atoms with E-state index < -0.39 is 0 Å². The molecule has 0 bridgehead atoms. The molecular formula is C8H16N. The van der Waals surface area contributed by atoms with Crippen LogP contribution in [0.4, 0.5) is 0 Å². The Hall–Kier alpha value is -0.0400. The SMILES string of the molecule is C[CH]N1CCCCCC1. The van der Waals surface area contributed by atoms with Crippen molar-refractivity contribution in [2.24, 2.45) is 0 Å². The summed E-state index contributed by atoms with van der Waals surface area (Å²) in [4.78, 5) is 2.42. The molecule has 1 nitrogen and oxygen atoms in total. The highest BCUT2D eigenvalue weighted by Crippen LogP contribution is 2.09. The minimum Gasteiger partial charge on any atom is -0.299 e. The molecule has 0 unspecified atom stereocenters. The summed E-state index contributed by atoms with van der Waals surface area (Å²) in [6.07, 6.45) is 5.66. The van der Waals surface area contributed by atoms with Crippen molar-refractivity contribution in [3.8, 4) is 0 Å². The summed E-state index contributed by atoms with van der Waals surface area (Å²) >= 11 is 0. The van der Waals surface area contributed by atoms with Crippen molar-refractivity contribution in [2.45, 2.75) is 32.6 Å². The molecular weight excluding hydrogens is 110 g/mol. The molecule has 1 aliphatic heterocycles. The monoisotopic (exact) mass is 126 g/mol. The number of nitrogens with zero attached hydrogens (tertiary/aromatic N) is 1. The standard InChI is InChI=1S/C8H16N/c1-2-9-7-5-3-4-6-8-9/h2H,3-8H2,1H3. The lowest BCUT2D eigenvalue weighted by Gasteiger charge is -2.15. The third-order valence-corrected chi connectivity index (χ3v) is 2.01. The van der Waals surface area contributed by atoms with Crippen molar-refractivity contribution >= 4 is 0 Å². The molecule has 0 atom stereocenters. The van der Waals surface area contributed by atoms with Gasteiger partial charge in [-0.2, -0.15) is 0 Å². The first kappa shape index (κ1) is 7.07. The van der Waals surface area contributed by atoms with Gasteiger partial charge in [0.05, 0.1) is 0 Å². The van der Waals surface area contributed by atoms with Crippen molar-refractivity contribution < 1.29 is 0 Å². The topological polar surface area (TPSA) is 3.24 Å². The van der Waals surface area contributed by atoms with Gasteiger partial charge in [-0.1, -0.05) is 12.8 Å². The molecule has 1 rings (SSSR count). The van der Waals surface area contributed by atoms with Crippen LogP contribution in [0.1, 0.15) is 32.6 Å². The quantitative estimate of drug-likeness (QED) is 0.519. The molecule has 0 amide bonds. The largest absolute Gasteiger partial charge is 0.299 e. The maximum atomic E-state index is 2.42. The second kappa shape index (κ2) is 3.89. The van der Waals surface area contributed by atoms with Crippen LogP contribution < -0.4 is 0 Å². The van der Waals surface area contributed by atoms with Gasteiger partial charge in [0.1, 0.15) is 0 Å². The van der Waals surface area contributed by atoms with E-state index in [9.17, 15) is 0 Å². The maximum Gasteiger partial charge on any atom is 0.0220 e. The Morgan fingerprint density at radius 3 is 2.00 bits per heavy atom. The van der Waals surface area contributed by atoms with Gasteiger partial charge < -0.3 is 0 Å². The minimum atomic E-state index is 1.29. The van der Waals surface area contributed by atoms with Crippen LogP contribution in [-0.2, 0) is 0 Å². The average molecular weight is 126 g/mol. The predicted octanol–water partition coefficient (Wildman–Crippen LogP) is 2.04. The van der Waals surface area contributed by atoms with Crippen molar-refractivity contribution in [3.05, 3.63) is 6.54 Å². The van der Waals surface area contributed by atoms with Crippen molar-refractivity contribution in [1.29, 1.82) is 0 Å². The van der Waals surface area contributed by atoms with Crippen LogP contribution in [0.5, 0.6) is 0 Å². The fourth-order valence-electron chi connectivity index (χ4n) is 1.35. The van der Waals surface area contributed by atoms with Gasteiger partial charge in [-0.05, 0) is 32.9 Å². The summed E-state index contributed by atoms with van der Waals surface area (Å²) in [5.74, 6) is 0. The molecule has 9 heavy (non-hydrogen) atoms. The molecule has 53 valence electrons. The Kier molecular flexibility index (Phi) is 3.05. The van der Waals surface area contributed by atoms with Gasteiger partial charge in [0.15, 0.2) is 0 Å². The Morgan fingerprint density at radius 2 is 1.56 bits per heavy atom. The van der Waals surface area contributed by atoms with Crippen LogP contribution >= 0.6 is 0 Å². The zero-order valence-electron chi connectivity index (χ0n) is 6.27. The molecule has 0 aliphatic carbocycles. The predicted molar refractivity (Wildman–Crippen MR) is 40.0 cm³/mol. The number of rotatable bonds is 1. The zero-order chi connectivity index (χ0) is 6.53. The summed E-state index contributed by atoms with van der Waals surface area (Å²) in [7, 11) is 0. The van der Waals surface area contributed by atoms with E-state index in [4.69, 9.17) is 0 Å². The number of hydrogen-bond donors (Lipinski definition) is 0. The normalized spacial score (nSPS) is 23.7. The fourth-order valence-corrected chi connectivity index (χ4v) is 1.35. The third kappa shape index (κ3) is 2.35. The molecule has 0 spiro atoms. The van der Waals surface area contributed by atoms with E-state index in [-0.39, 0.29) is 0 Å². The fraction of sp³-hybridized carbons (Fsp3) is 0.875. The van der Waals surface area contributed by atoms with Gasteiger partial charge in [-0.25, -0.2) is 0 Å². The van der Waals surface area contributed by atoms with Crippen LogP contribution in [0, 0.1) is 6.54 Å². The van der Waals surface area contributed by atoms with Gasteiger partial charge in [-0.15, -0.1) is 0 Å². The lowest BCUT2D eigenvalue weighted by molar-refractivity contribution is 0.351. The van der Waals surface area contributed by atoms with Crippen molar-refractivity contribution in [2.75, 3.05) is 13.1 Å². The second-order valence-electron chi connectivity index (χ2n) is 2.71. The summed E-state index contributed by atoms with van der Waals surface area (Å²) in [6.45, 7) is 6.92. The molecule has 0 aromatic carbocycles. The number of likely N-dealkylation sites (tertiary alicyclic amines) is 1. The van der Waals surface area contributed by atoms with Crippen LogP contribution in [-0.4, -0.2) is 18.0 Å². The van der Waals surface area contributed by atoms with E-state index >= 15 is 0 Å². The van der Waals surface area contributed by atoms with Crippen molar-refractivity contribution in [1.82, 2.24) is 4.90 Å². The van der Waals surface area contributed by atoms with Gasteiger partial charge in [0.2, 0.25) is 0 Å². The highest BCUT2D eigenvalue weighted by molar-refractivity contribution is 4.66. The second-order valence-corrected chi connectivity index (χ2v) is 2.71. The summed E-state index contributed by atoms with van der Waals surface area (Å²) in [5, 5.41) is 0. The van der Waals surface area contributed by atoms with E-state index in [2.05, 4.69) is 18.4 Å². The van der Waals surface area contributed by atoms with E-state index in [0.29, 0.717) is 0 Å². The molecule has 1 saturated heterocycles. The smallest absolute Gasteiger partial charge is 0.0220 e. The Labute approximate surface area is 58.0 Å². The first-order valence-corrected chi connectivity index (χ1v) is 3.97. The highest BCUT2D eigenvalue weighted by Gasteiger charge is 2.05. The summed E-state index contributed by atoms with van der Waals surface area (Å²) < 4.78 is 0. The molecule has 1 heterocycles. The molecule has 1 heteroatoms. The van der Waals surface area contributed by atoms with Gasteiger partial charge >= 0.3 is 0 Å². The van der Waals surface area contributed by atoms with Crippen LogP contribution in [0.3, 0.4) is 0 Å². The molecule has 1 fully saturated rings. The van der Waals surface area contributed by atoms with E-state index in [0.717, 1.165) is 0 Å². The lowest BCUT2D eigenvalue weighted by Crippen LogP contribution is -2.19. The first-order chi connectivity index (χ1) is 4.43.